The molecule has 0 spiro atoms. The minimum absolute atomic E-state index is 0.0591. The van der Waals surface area contributed by atoms with E-state index in [0.717, 1.165) is 15.9 Å². The topological polar surface area (TPSA) is 56.6 Å². The van der Waals surface area contributed by atoms with Crippen molar-refractivity contribution >= 4 is 21.7 Å². The van der Waals surface area contributed by atoms with Gasteiger partial charge in [0, 0.05) is 28.8 Å². The van der Waals surface area contributed by atoms with E-state index >= 15 is 0 Å². The maximum absolute atomic E-state index is 9.29. The molecule has 0 saturated heterocycles. The Morgan fingerprint density at radius 2 is 2.12 bits per heavy atom. The number of aliphatic hydroxyl groups excluding tert-OH is 2. The first kappa shape index (κ1) is 13.4. The van der Waals surface area contributed by atoms with Gasteiger partial charge in [0.25, 0.3) is 0 Å². The van der Waals surface area contributed by atoms with Crippen LogP contribution in [0.1, 0.15) is 19.4 Å². The molecule has 0 fully saturated rings. The largest absolute Gasteiger partial charge is 0.395 e. The Balaban J connectivity index is 3.07. The highest BCUT2D eigenvalue weighted by molar-refractivity contribution is 9.10. The average molecular weight is 289 g/mol. The number of anilines is 1. The van der Waals surface area contributed by atoms with Gasteiger partial charge < -0.3 is 15.1 Å². The lowest BCUT2D eigenvalue weighted by atomic mass is 10.2. The van der Waals surface area contributed by atoms with E-state index < -0.39 is 0 Å². The van der Waals surface area contributed by atoms with Crippen LogP contribution in [0.2, 0.25) is 0 Å². The van der Waals surface area contributed by atoms with Crippen LogP contribution in [0.15, 0.2) is 16.7 Å². The minimum atomic E-state index is -0.0591. The van der Waals surface area contributed by atoms with Crippen molar-refractivity contribution in [1.29, 1.82) is 0 Å². The third-order valence-electron chi connectivity index (χ3n) is 2.32. The van der Waals surface area contributed by atoms with Crippen molar-refractivity contribution in [3.05, 3.63) is 22.3 Å². The van der Waals surface area contributed by atoms with Crippen molar-refractivity contribution in [3.8, 4) is 0 Å². The summed E-state index contributed by atoms with van der Waals surface area (Å²) in [4.78, 5) is 6.27. The number of aromatic nitrogens is 1. The first-order valence-corrected chi connectivity index (χ1v) is 6.02. The van der Waals surface area contributed by atoms with Crippen LogP contribution in [0.25, 0.3) is 0 Å². The molecule has 0 unspecified atom stereocenters. The first-order valence-electron chi connectivity index (χ1n) is 5.23. The summed E-state index contributed by atoms with van der Waals surface area (Å²) in [6.45, 7) is 4.58. The molecule has 0 saturated carbocycles. The van der Waals surface area contributed by atoms with Crippen LogP contribution in [0.5, 0.6) is 0 Å². The number of nitrogens with zero attached hydrogens (tertiary/aromatic N) is 2. The maximum atomic E-state index is 9.29. The molecule has 2 N–H and O–H groups in total. The van der Waals surface area contributed by atoms with E-state index in [1.54, 1.807) is 6.20 Å². The number of rotatable bonds is 5. The number of halogens is 1. The molecule has 1 heterocycles. The summed E-state index contributed by atoms with van der Waals surface area (Å²) < 4.78 is 0.841. The van der Waals surface area contributed by atoms with E-state index in [0.29, 0.717) is 6.54 Å². The van der Waals surface area contributed by atoms with Gasteiger partial charge in [0.15, 0.2) is 0 Å². The average Bonchev–Trinajstić information content (AvgIpc) is 2.26. The van der Waals surface area contributed by atoms with Gasteiger partial charge in [-0.05, 0) is 35.8 Å². The molecule has 0 bridgehead atoms. The second-order valence-electron chi connectivity index (χ2n) is 3.81. The van der Waals surface area contributed by atoms with E-state index in [1.807, 2.05) is 24.8 Å². The zero-order valence-corrected chi connectivity index (χ0v) is 11.1. The Labute approximate surface area is 104 Å². The third kappa shape index (κ3) is 3.17. The van der Waals surface area contributed by atoms with Crippen LogP contribution in [-0.2, 0) is 6.61 Å². The van der Waals surface area contributed by atoms with E-state index in [-0.39, 0.29) is 19.3 Å². The van der Waals surface area contributed by atoms with Gasteiger partial charge in [-0.1, -0.05) is 0 Å². The fourth-order valence-corrected chi connectivity index (χ4v) is 1.94. The van der Waals surface area contributed by atoms with Gasteiger partial charge in [0.2, 0.25) is 0 Å². The molecule has 0 aromatic carbocycles. The number of hydrogen-bond acceptors (Lipinski definition) is 4. The zero-order valence-electron chi connectivity index (χ0n) is 9.52. The second kappa shape index (κ2) is 6.18. The van der Waals surface area contributed by atoms with Crippen LogP contribution in [0, 0.1) is 0 Å². The van der Waals surface area contributed by atoms with Gasteiger partial charge in [0.1, 0.15) is 5.82 Å². The lowest BCUT2D eigenvalue weighted by Crippen LogP contribution is -2.34. The van der Waals surface area contributed by atoms with Gasteiger partial charge in [-0.15, -0.1) is 0 Å². The predicted octanol–water partition coefficient (Wildman–Crippen LogP) is 1.54. The van der Waals surface area contributed by atoms with E-state index in [2.05, 4.69) is 20.9 Å². The molecular weight excluding hydrogens is 272 g/mol. The van der Waals surface area contributed by atoms with Crippen LogP contribution in [-0.4, -0.2) is 34.4 Å². The van der Waals surface area contributed by atoms with Crippen molar-refractivity contribution in [2.24, 2.45) is 0 Å². The summed E-state index contributed by atoms with van der Waals surface area (Å²) in [5, 5.41) is 18.3. The standard InChI is InChI=1S/C11H17BrN2O2/c1-8(2)14(3-4-15)11-9(7-16)5-10(12)6-13-11/h5-6,8,15-16H,3-4,7H2,1-2H3. The molecule has 0 aliphatic rings. The molecule has 0 amide bonds. The van der Waals surface area contributed by atoms with E-state index in [9.17, 15) is 5.11 Å². The van der Waals surface area contributed by atoms with Gasteiger partial charge in [-0.25, -0.2) is 4.98 Å². The maximum Gasteiger partial charge on any atom is 0.134 e. The van der Waals surface area contributed by atoms with Crippen LogP contribution >= 0.6 is 15.9 Å². The fourth-order valence-electron chi connectivity index (χ4n) is 1.57. The Hall–Kier alpha value is -0.650. The number of aliphatic hydroxyl groups is 2. The summed E-state index contributed by atoms with van der Waals surface area (Å²) in [6.07, 6.45) is 1.70. The molecule has 0 radical (unpaired) electrons. The minimum Gasteiger partial charge on any atom is -0.395 e. The first-order chi connectivity index (χ1) is 7.60. The molecule has 0 atom stereocenters. The highest BCUT2D eigenvalue weighted by atomic mass is 79.9. The number of hydrogen-bond donors (Lipinski definition) is 2. The SMILES string of the molecule is CC(C)N(CCO)c1ncc(Br)cc1CO. The highest BCUT2D eigenvalue weighted by Crippen LogP contribution is 2.23. The summed E-state index contributed by atoms with van der Waals surface area (Å²) >= 11 is 3.32. The Morgan fingerprint density at radius 1 is 1.44 bits per heavy atom. The Kier molecular flexibility index (Phi) is 5.18. The van der Waals surface area contributed by atoms with Gasteiger partial charge in [-0.2, -0.15) is 0 Å². The smallest absolute Gasteiger partial charge is 0.134 e. The van der Waals surface area contributed by atoms with Crippen molar-refractivity contribution < 1.29 is 10.2 Å². The highest BCUT2D eigenvalue weighted by Gasteiger charge is 2.15. The van der Waals surface area contributed by atoms with E-state index in [4.69, 9.17) is 5.11 Å². The van der Waals surface area contributed by atoms with Crippen molar-refractivity contribution in [2.45, 2.75) is 26.5 Å². The molecular formula is C11H17BrN2O2. The molecule has 90 valence electrons. The normalized spacial score (nSPS) is 10.9. The molecule has 1 aromatic heterocycles. The monoisotopic (exact) mass is 288 g/mol. The molecule has 5 heteroatoms. The van der Waals surface area contributed by atoms with Gasteiger partial charge in [-0.3, -0.25) is 0 Å². The lowest BCUT2D eigenvalue weighted by molar-refractivity contribution is 0.279. The molecule has 0 aliphatic heterocycles. The Bertz CT molecular complexity index is 345. The molecule has 1 aromatic rings. The number of pyridine rings is 1. The van der Waals surface area contributed by atoms with Crippen LogP contribution in [0.4, 0.5) is 5.82 Å². The third-order valence-corrected chi connectivity index (χ3v) is 2.75. The summed E-state index contributed by atoms with van der Waals surface area (Å²) in [7, 11) is 0. The molecule has 0 aliphatic carbocycles. The molecule has 4 nitrogen and oxygen atoms in total. The zero-order chi connectivity index (χ0) is 12.1. The van der Waals surface area contributed by atoms with Gasteiger partial charge in [0.05, 0.1) is 13.2 Å². The summed E-state index contributed by atoms with van der Waals surface area (Å²) in [6, 6.07) is 2.07. The summed E-state index contributed by atoms with van der Waals surface area (Å²) in [5.41, 5.74) is 0.761. The quantitative estimate of drug-likeness (QED) is 0.863. The summed E-state index contributed by atoms with van der Waals surface area (Å²) in [5.74, 6) is 0.731. The van der Waals surface area contributed by atoms with Crippen molar-refractivity contribution in [2.75, 3.05) is 18.1 Å². The lowest BCUT2D eigenvalue weighted by Gasteiger charge is -2.28. The molecule has 16 heavy (non-hydrogen) atoms. The van der Waals surface area contributed by atoms with Crippen LogP contribution < -0.4 is 4.90 Å². The van der Waals surface area contributed by atoms with Crippen molar-refractivity contribution in [1.82, 2.24) is 4.98 Å². The van der Waals surface area contributed by atoms with Crippen molar-refractivity contribution in [3.63, 3.8) is 0 Å². The van der Waals surface area contributed by atoms with E-state index in [1.165, 1.54) is 0 Å². The van der Waals surface area contributed by atoms with Gasteiger partial charge >= 0.3 is 0 Å². The predicted molar refractivity (Wildman–Crippen MR) is 67.4 cm³/mol. The fraction of sp³-hybridized carbons (Fsp3) is 0.545. The van der Waals surface area contributed by atoms with Crippen LogP contribution in [0.3, 0.4) is 0 Å². The Morgan fingerprint density at radius 3 is 2.62 bits per heavy atom. The molecule has 1 rings (SSSR count). The second-order valence-corrected chi connectivity index (χ2v) is 4.72.